The Morgan fingerprint density at radius 3 is 2.46 bits per heavy atom. The molecule has 0 saturated carbocycles. The number of carboxylic acids is 1. The van der Waals surface area contributed by atoms with E-state index in [0.717, 1.165) is 10.6 Å². The highest BCUT2D eigenvalue weighted by Gasteiger charge is 2.17. The first-order valence-corrected chi connectivity index (χ1v) is 5.09. The van der Waals surface area contributed by atoms with E-state index in [-0.39, 0.29) is 0 Å². The number of hydrogen-bond acceptors (Lipinski definition) is 3. The zero-order valence-electron chi connectivity index (χ0n) is 7.70. The third kappa shape index (κ3) is 1.81. The lowest BCUT2D eigenvalue weighted by Crippen LogP contribution is -2.16. The van der Waals surface area contributed by atoms with Gasteiger partial charge in [-0.05, 0) is 33.0 Å². The summed E-state index contributed by atoms with van der Waals surface area (Å²) < 4.78 is 2.31. The van der Waals surface area contributed by atoms with Gasteiger partial charge in [0.1, 0.15) is 6.04 Å². The Balaban J connectivity index is 3.29. The highest BCUT2D eigenvalue weighted by molar-refractivity contribution is 7.73. The Bertz CT molecular complexity index is 391. The van der Waals surface area contributed by atoms with Crippen LogP contribution in [0.25, 0.3) is 0 Å². The van der Waals surface area contributed by atoms with Crippen molar-refractivity contribution in [1.82, 2.24) is 4.57 Å². The summed E-state index contributed by atoms with van der Waals surface area (Å²) in [7, 11) is 0. The van der Waals surface area contributed by atoms with Crippen molar-refractivity contribution in [3.63, 3.8) is 0 Å². The van der Waals surface area contributed by atoms with Crippen LogP contribution in [0.3, 0.4) is 0 Å². The molecule has 0 aliphatic rings. The van der Waals surface area contributed by atoms with E-state index in [4.69, 9.17) is 17.3 Å². The summed E-state index contributed by atoms with van der Waals surface area (Å²) in [4.78, 5) is 11.8. The van der Waals surface area contributed by atoms with Gasteiger partial charge in [0, 0.05) is 10.6 Å². The topological polar surface area (TPSA) is 42.2 Å². The van der Waals surface area contributed by atoms with Crippen molar-refractivity contribution >= 4 is 29.5 Å². The van der Waals surface area contributed by atoms with Crippen LogP contribution in [0, 0.1) is 17.8 Å². The van der Waals surface area contributed by atoms with Crippen LogP contribution in [0.15, 0.2) is 0 Å². The Kier molecular flexibility index (Phi) is 2.87. The number of rotatable bonds is 2. The van der Waals surface area contributed by atoms with Crippen LogP contribution in [-0.4, -0.2) is 15.6 Å². The number of aromatic nitrogens is 1. The van der Waals surface area contributed by atoms with Crippen LogP contribution < -0.4 is 0 Å². The molecule has 13 heavy (non-hydrogen) atoms. The zero-order valence-corrected chi connectivity index (χ0v) is 9.33. The normalized spacial score (nSPS) is 12.8. The summed E-state index contributed by atoms with van der Waals surface area (Å²) in [5.41, 5.74) is 0.949. The quantitative estimate of drug-likeness (QED) is 0.774. The molecule has 0 fully saturated rings. The van der Waals surface area contributed by atoms with E-state index in [1.54, 1.807) is 11.5 Å². The fourth-order valence-corrected chi connectivity index (χ4v) is 2.69. The highest BCUT2D eigenvalue weighted by Crippen LogP contribution is 2.21. The van der Waals surface area contributed by atoms with E-state index in [9.17, 15) is 4.79 Å². The summed E-state index contributed by atoms with van der Waals surface area (Å²) in [6.45, 7) is 5.47. The highest BCUT2D eigenvalue weighted by atomic mass is 32.1. The standard InChI is InChI=1S/C8H11NO2S2/c1-4-6(3)13-8(12)9(4)5(2)7(10)11/h5H,1-3H3,(H,10,11)/t5-/m0/s1. The van der Waals surface area contributed by atoms with Crippen LogP contribution in [0.1, 0.15) is 23.5 Å². The number of carboxylic acid groups (broad SMARTS) is 1. The van der Waals surface area contributed by atoms with Gasteiger partial charge in [0.2, 0.25) is 0 Å². The molecule has 0 amide bonds. The number of thiazole rings is 1. The molecule has 1 aromatic heterocycles. The maximum absolute atomic E-state index is 10.8. The van der Waals surface area contributed by atoms with E-state index in [1.807, 2.05) is 13.8 Å². The monoisotopic (exact) mass is 217 g/mol. The third-order valence-electron chi connectivity index (χ3n) is 2.05. The van der Waals surface area contributed by atoms with Gasteiger partial charge < -0.3 is 9.67 Å². The fraction of sp³-hybridized carbons (Fsp3) is 0.500. The smallest absolute Gasteiger partial charge is 0.326 e. The molecule has 1 atom stereocenters. The molecule has 0 unspecified atom stereocenters. The molecule has 1 N–H and O–H groups in total. The number of aryl methyl sites for hydroxylation is 1. The number of aliphatic carboxylic acids is 1. The first-order valence-electron chi connectivity index (χ1n) is 3.86. The molecule has 3 nitrogen and oxygen atoms in total. The summed E-state index contributed by atoms with van der Waals surface area (Å²) >= 11 is 6.53. The van der Waals surface area contributed by atoms with Gasteiger partial charge in [-0.15, -0.1) is 11.3 Å². The van der Waals surface area contributed by atoms with Gasteiger partial charge in [0.05, 0.1) is 0 Å². The molecular formula is C8H11NO2S2. The number of hydrogen-bond donors (Lipinski definition) is 1. The molecule has 0 saturated heterocycles. The predicted octanol–water partition coefficient (Wildman–Crippen LogP) is 2.54. The van der Waals surface area contributed by atoms with Gasteiger partial charge in [0.15, 0.2) is 3.95 Å². The summed E-state index contributed by atoms with van der Waals surface area (Å²) in [5.74, 6) is -0.850. The zero-order chi connectivity index (χ0) is 10.2. The minimum atomic E-state index is -0.850. The van der Waals surface area contributed by atoms with Crippen molar-refractivity contribution in [3.8, 4) is 0 Å². The number of carbonyl (C=O) groups is 1. The van der Waals surface area contributed by atoms with E-state index >= 15 is 0 Å². The van der Waals surface area contributed by atoms with Crippen LogP contribution in [0.2, 0.25) is 0 Å². The number of nitrogens with zero attached hydrogens (tertiary/aromatic N) is 1. The van der Waals surface area contributed by atoms with Crippen LogP contribution in [0.5, 0.6) is 0 Å². The molecule has 1 rings (SSSR count). The molecule has 0 spiro atoms. The van der Waals surface area contributed by atoms with Gasteiger partial charge >= 0.3 is 5.97 Å². The average Bonchev–Trinajstić information content (AvgIpc) is 2.26. The van der Waals surface area contributed by atoms with E-state index < -0.39 is 12.0 Å². The second-order valence-corrected chi connectivity index (χ2v) is 4.74. The molecule has 1 aromatic rings. The van der Waals surface area contributed by atoms with Crippen molar-refractivity contribution in [2.24, 2.45) is 0 Å². The van der Waals surface area contributed by atoms with Gasteiger partial charge in [-0.3, -0.25) is 0 Å². The first-order chi connectivity index (χ1) is 5.95. The van der Waals surface area contributed by atoms with Crippen molar-refractivity contribution < 1.29 is 9.90 Å². The molecule has 0 aliphatic carbocycles. The van der Waals surface area contributed by atoms with Crippen molar-refractivity contribution in [1.29, 1.82) is 0 Å². The van der Waals surface area contributed by atoms with Crippen molar-refractivity contribution in [2.75, 3.05) is 0 Å². The second kappa shape index (κ2) is 3.59. The molecule has 0 bridgehead atoms. The lowest BCUT2D eigenvalue weighted by Gasteiger charge is -2.10. The van der Waals surface area contributed by atoms with Crippen LogP contribution in [-0.2, 0) is 4.79 Å². The van der Waals surface area contributed by atoms with Crippen molar-refractivity contribution in [2.45, 2.75) is 26.8 Å². The summed E-state index contributed by atoms with van der Waals surface area (Å²) in [5, 5.41) is 8.83. The summed E-state index contributed by atoms with van der Waals surface area (Å²) in [6, 6.07) is -0.572. The Morgan fingerprint density at radius 2 is 2.15 bits per heavy atom. The third-order valence-corrected chi connectivity index (χ3v) is 3.47. The Morgan fingerprint density at radius 1 is 1.62 bits per heavy atom. The molecule has 0 radical (unpaired) electrons. The van der Waals surface area contributed by atoms with E-state index in [2.05, 4.69) is 0 Å². The van der Waals surface area contributed by atoms with Crippen LogP contribution >= 0.6 is 23.6 Å². The van der Waals surface area contributed by atoms with E-state index in [1.165, 1.54) is 11.3 Å². The molecular weight excluding hydrogens is 206 g/mol. The fourth-order valence-electron chi connectivity index (χ4n) is 1.12. The van der Waals surface area contributed by atoms with E-state index in [0.29, 0.717) is 3.95 Å². The molecule has 5 heteroatoms. The van der Waals surface area contributed by atoms with Gasteiger partial charge in [-0.25, -0.2) is 4.79 Å². The van der Waals surface area contributed by atoms with Gasteiger partial charge in [-0.1, -0.05) is 0 Å². The lowest BCUT2D eigenvalue weighted by molar-refractivity contribution is -0.140. The Labute approximate surface area is 85.6 Å². The average molecular weight is 217 g/mol. The SMILES string of the molecule is Cc1sc(=S)n([C@@H](C)C(=O)O)c1C. The molecule has 72 valence electrons. The van der Waals surface area contributed by atoms with Crippen LogP contribution in [0.4, 0.5) is 0 Å². The molecule has 0 aliphatic heterocycles. The van der Waals surface area contributed by atoms with Gasteiger partial charge in [-0.2, -0.15) is 0 Å². The maximum Gasteiger partial charge on any atom is 0.326 e. The second-order valence-electron chi connectivity index (χ2n) is 2.89. The lowest BCUT2D eigenvalue weighted by atomic mass is 10.3. The maximum atomic E-state index is 10.8. The summed E-state index contributed by atoms with van der Waals surface area (Å²) in [6.07, 6.45) is 0. The largest absolute Gasteiger partial charge is 0.480 e. The van der Waals surface area contributed by atoms with Gasteiger partial charge in [0.25, 0.3) is 0 Å². The molecule has 1 heterocycles. The minimum absolute atomic E-state index is 0.572. The predicted molar refractivity (Wildman–Crippen MR) is 55.0 cm³/mol. The molecule has 0 aromatic carbocycles. The minimum Gasteiger partial charge on any atom is -0.480 e. The first kappa shape index (κ1) is 10.4. The van der Waals surface area contributed by atoms with Crippen molar-refractivity contribution in [3.05, 3.63) is 14.5 Å². The Hall–Kier alpha value is -0.680.